The van der Waals surface area contributed by atoms with Crippen molar-refractivity contribution in [3.63, 3.8) is 0 Å². The number of rotatable bonds is 1. The summed E-state index contributed by atoms with van der Waals surface area (Å²) in [6.45, 7) is 2.23. The van der Waals surface area contributed by atoms with E-state index in [9.17, 15) is 15.0 Å². The first-order chi connectivity index (χ1) is 10.5. The van der Waals surface area contributed by atoms with Gasteiger partial charge in [0.25, 0.3) is 0 Å². The average Bonchev–Trinajstić information content (AvgIpc) is 2.84. The van der Waals surface area contributed by atoms with Gasteiger partial charge in [-0.3, -0.25) is 4.79 Å². The van der Waals surface area contributed by atoms with Gasteiger partial charge < -0.3 is 10.2 Å². The SMILES string of the molecule is C[C@]12CC[C@@H]3c4ccc(O)cc4CC[C@H]3[C@@H]1CC[C@H]2C(=O)O. The largest absolute Gasteiger partial charge is 0.508 e. The van der Waals surface area contributed by atoms with Crippen LogP contribution >= 0.6 is 0 Å². The molecule has 0 spiro atoms. The highest BCUT2D eigenvalue weighted by Gasteiger charge is 2.56. The minimum absolute atomic E-state index is 0.0125. The number of phenols is 1. The van der Waals surface area contributed by atoms with Gasteiger partial charge in [0.15, 0.2) is 0 Å². The molecule has 3 nitrogen and oxygen atoms in total. The molecule has 22 heavy (non-hydrogen) atoms. The third-order valence-electron chi connectivity index (χ3n) is 7.01. The maximum Gasteiger partial charge on any atom is 0.307 e. The highest BCUT2D eigenvalue weighted by atomic mass is 16.4. The number of aryl methyl sites for hydroxylation is 1. The second kappa shape index (κ2) is 4.74. The van der Waals surface area contributed by atoms with E-state index < -0.39 is 5.97 Å². The molecule has 0 saturated heterocycles. The van der Waals surface area contributed by atoms with Crippen molar-refractivity contribution in [2.75, 3.05) is 0 Å². The maximum atomic E-state index is 11.6. The van der Waals surface area contributed by atoms with Gasteiger partial charge in [0.1, 0.15) is 5.75 Å². The maximum absolute atomic E-state index is 11.6. The quantitative estimate of drug-likeness (QED) is 0.825. The summed E-state index contributed by atoms with van der Waals surface area (Å²) in [6, 6.07) is 5.84. The van der Waals surface area contributed by atoms with Crippen molar-refractivity contribution in [2.24, 2.45) is 23.2 Å². The zero-order valence-corrected chi connectivity index (χ0v) is 13.1. The Morgan fingerprint density at radius 2 is 2.05 bits per heavy atom. The van der Waals surface area contributed by atoms with E-state index in [0.29, 0.717) is 23.5 Å². The predicted molar refractivity (Wildman–Crippen MR) is 83.8 cm³/mol. The lowest BCUT2D eigenvalue weighted by Crippen LogP contribution is -2.43. The van der Waals surface area contributed by atoms with Crippen LogP contribution in [0.1, 0.15) is 56.1 Å². The number of hydrogen-bond donors (Lipinski definition) is 2. The van der Waals surface area contributed by atoms with Crippen LogP contribution in [0.25, 0.3) is 0 Å². The monoisotopic (exact) mass is 300 g/mol. The number of aromatic hydroxyl groups is 1. The first kappa shape index (κ1) is 14.1. The lowest BCUT2D eigenvalue weighted by Gasteiger charge is -2.50. The highest BCUT2D eigenvalue weighted by Crippen LogP contribution is 2.63. The van der Waals surface area contributed by atoms with Crippen LogP contribution in [0.5, 0.6) is 5.75 Å². The summed E-state index contributed by atoms with van der Waals surface area (Å²) in [7, 11) is 0. The number of hydrogen-bond acceptors (Lipinski definition) is 2. The van der Waals surface area contributed by atoms with Crippen molar-refractivity contribution in [1.29, 1.82) is 0 Å². The second-order valence-corrected chi connectivity index (χ2v) is 7.81. The number of carboxylic acid groups (broad SMARTS) is 1. The van der Waals surface area contributed by atoms with Gasteiger partial charge in [0.05, 0.1) is 5.92 Å². The lowest BCUT2D eigenvalue weighted by molar-refractivity contribution is -0.147. The van der Waals surface area contributed by atoms with E-state index in [-0.39, 0.29) is 11.3 Å². The summed E-state index contributed by atoms with van der Waals surface area (Å²) in [5, 5.41) is 19.3. The number of fused-ring (bicyclic) bond motifs is 5. The average molecular weight is 300 g/mol. The van der Waals surface area contributed by atoms with Crippen molar-refractivity contribution >= 4 is 5.97 Å². The van der Waals surface area contributed by atoms with Crippen molar-refractivity contribution in [1.82, 2.24) is 0 Å². The summed E-state index contributed by atoms with van der Waals surface area (Å²) >= 11 is 0. The van der Waals surface area contributed by atoms with Crippen molar-refractivity contribution in [3.05, 3.63) is 29.3 Å². The van der Waals surface area contributed by atoms with Crippen LogP contribution < -0.4 is 0 Å². The summed E-state index contributed by atoms with van der Waals surface area (Å²) in [5.41, 5.74) is 2.70. The molecule has 1 aromatic rings. The van der Waals surface area contributed by atoms with E-state index in [1.807, 2.05) is 12.1 Å². The zero-order valence-electron chi connectivity index (χ0n) is 13.1. The fraction of sp³-hybridized carbons (Fsp3) is 0.632. The van der Waals surface area contributed by atoms with E-state index in [4.69, 9.17) is 0 Å². The molecule has 2 saturated carbocycles. The molecule has 0 aliphatic heterocycles. The smallest absolute Gasteiger partial charge is 0.307 e. The van der Waals surface area contributed by atoms with Crippen LogP contribution in [0.4, 0.5) is 0 Å². The van der Waals surface area contributed by atoms with Crippen molar-refractivity contribution in [2.45, 2.75) is 51.4 Å². The first-order valence-corrected chi connectivity index (χ1v) is 8.55. The molecule has 5 atom stereocenters. The Morgan fingerprint density at radius 1 is 1.23 bits per heavy atom. The molecule has 1 aromatic carbocycles. The van der Waals surface area contributed by atoms with E-state index in [2.05, 4.69) is 13.0 Å². The summed E-state index contributed by atoms with van der Waals surface area (Å²) in [5.74, 6) is 1.36. The first-order valence-electron chi connectivity index (χ1n) is 8.55. The van der Waals surface area contributed by atoms with Gasteiger partial charge in [0.2, 0.25) is 0 Å². The van der Waals surface area contributed by atoms with Crippen LogP contribution in [-0.2, 0) is 11.2 Å². The Labute approximate surface area is 131 Å². The van der Waals surface area contributed by atoms with Gasteiger partial charge in [-0.25, -0.2) is 0 Å². The van der Waals surface area contributed by atoms with E-state index >= 15 is 0 Å². The van der Waals surface area contributed by atoms with Gasteiger partial charge >= 0.3 is 5.97 Å². The van der Waals surface area contributed by atoms with Gasteiger partial charge in [0, 0.05) is 0 Å². The molecule has 2 fully saturated rings. The Bertz CT molecular complexity index is 623. The van der Waals surface area contributed by atoms with E-state index in [1.54, 1.807) is 0 Å². The Kier molecular flexibility index (Phi) is 3.04. The fourth-order valence-electron chi connectivity index (χ4n) is 5.97. The Morgan fingerprint density at radius 3 is 2.82 bits per heavy atom. The lowest BCUT2D eigenvalue weighted by atomic mass is 9.54. The number of carboxylic acids is 1. The van der Waals surface area contributed by atoms with Crippen LogP contribution in [-0.4, -0.2) is 16.2 Å². The summed E-state index contributed by atoms with van der Waals surface area (Å²) < 4.78 is 0. The molecule has 0 aromatic heterocycles. The van der Waals surface area contributed by atoms with E-state index in [1.165, 1.54) is 11.1 Å². The van der Waals surface area contributed by atoms with Crippen LogP contribution in [0.2, 0.25) is 0 Å². The highest BCUT2D eigenvalue weighted by molar-refractivity contribution is 5.71. The minimum atomic E-state index is -0.593. The summed E-state index contributed by atoms with van der Waals surface area (Å²) in [4.78, 5) is 11.6. The zero-order chi connectivity index (χ0) is 15.5. The molecule has 0 unspecified atom stereocenters. The van der Waals surface area contributed by atoms with Crippen molar-refractivity contribution < 1.29 is 15.0 Å². The van der Waals surface area contributed by atoms with E-state index in [0.717, 1.165) is 38.5 Å². The Hall–Kier alpha value is -1.51. The molecule has 3 heteroatoms. The number of carbonyl (C=O) groups is 1. The Balaban J connectivity index is 1.69. The van der Waals surface area contributed by atoms with Crippen LogP contribution in [0, 0.1) is 23.2 Å². The second-order valence-electron chi connectivity index (χ2n) is 7.81. The van der Waals surface area contributed by atoms with Gasteiger partial charge in [-0.05, 0) is 85.0 Å². The molecule has 118 valence electrons. The fourth-order valence-corrected chi connectivity index (χ4v) is 5.97. The normalized spacial score (nSPS) is 39.7. The van der Waals surface area contributed by atoms with Crippen molar-refractivity contribution in [3.8, 4) is 5.75 Å². The molecule has 4 rings (SSSR count). The molecule has 3 aliphatic rings. The molecule has 0 radical (unpaired) electrons. The van der Waals surface area contributed by atoms with Gasteiger partial charge in [-0.2, -0.15) is 0 Å². The molecule has 2 N–H and O–H groups in total. The molecule has 0 bridgehead atoms. The summed E-state index contributed by atoms with van der Waals surface area (Å²) in [6.07, 6.45) is 6.21. The van der Waals surface area contributed by atoms with Crippen LogP contribution in [0.15, 0.2) is 18.2 Å². The predicted octanol–water partition coefficient (Wildman–Crippen LogP) is 3.95. The molecule has 3 aliphatic carbocycles. The number of benzene rings is 1. The minimum Gasteiger partial charge on any atom is -0.508 e. The molecule has 0 amide bonds. The van der Waals surface area contributed by atoms with Gasteiger partial charge in [-0.1, -0.05) is 13.0 Å². The van der Waals surface area contributed by atoms with Gasteiger partial charge in [-0.15, -0.1) is 0 Å². The molecular formula is C19H24O3. The van der Waals surface area contributed by atoms with Crippen LogP contribution in [0.3, 0.4) is 0 Å². The third kappa shape index (κ3) is 1.84. The topological polar surface area (TPSA) is 57.5 Å². The number of aliphatic carboxylic acids is 1. The third-order valence-corrected chi connectivity index (χ3v) is 7.01. The standard InChI is InChI=1S/C19H24O3/c1-19-9-8-14-13-5-3-12(20)10-11(13)2-4-15(14)16(19)6-7-17(19)18(21)22/h3,5,10,14-17,20H,2,4,6-9H2,1H3,(H,21,22)/t14-,15-,16+,17+,19+/m1/s1. The number of phenolic OH excluding ortho intramolecular Hbond substituents is 1. The molecule has 0 heterocycles. The molecular weight excluding hydrogens is 276 g/mol.